The van der Waals surface area contributed by atoms with Crippen molar-refractivity contribution in [3.63, 3.8) is 0 Å². The minimum Gasteiger partial charge on any atom is -1.00 e. The van der Waals surface area contributed by atoms with Crippen LogP contribution in [0.3, 0.4) is 0 Å². The number of likely N-dealkylation sites (N-methyl/N-ethyl adjacent to an activating group) is 1. The summed E-state index contributed by atoms with van der Waals surface area (Å²) in [5.41, 5.74) is 0.126. The molecule has 110 valence electrons. The van der Waals surface area contributed by atoms with Gasteiger partial charge >= 0.3 is 0 Å². The summed E-state index contributed by atoms with van der Waals surface area (Å²) in [7, 11) is 4.38. The monoisotopic (exact) mass is 277 g/mol. The van der Waals surface area contributed by atoms with Crippen LogP contribution in [0.1, 0.15) is 71.6 Å². The van der Waals surface area contributed by atoms with E-state index in [2.05, 4.69) is 27.9 Å². The van der Waals surface area contributed by atoms with Gasteiger partial charge in [0.15, 0.2) is 0 Å². The molecule has 0 aromatic heterocycles. The van der Waals surface area contributed by atoms with Crippen molar-refractivity contribution in [1.29, 1.82) is 0 Å². The van der Waals surface area contributed by atoms with Crippen molar-refractivity contribution in [1.82, 2.24) is 0 Å². The summed E-state index contributed by atoms with van der Waals surface area (Å²) in [5.74, 6) is 0. The first kappa shape index (κ1) is 18.2. The van der Waals surface area contributed by atoms with Gasteiger partial charge in [-0.1, -0.05) is 58.3 Å². The summed E-state index contributed by atoms with van der Waals surface area (Å²) >= 11 is 0. The standard InChI is InChI=1S/C15H31NO.ClH/c1-5-6-7-8-9-10-11-12-13-14-15(2,17-14)16(3)4;/h14H,5-13H2,1-4H3;1H. The Morgan fingerprint density at radius 3 is 1.89 bits per heavy atom. The topological polar surface area (TPSA) is 17.0 Å². The molecule has 2 unspecified atom stereocenters. The Labute approximate surface area is 120 Å². The molecular weight excluding hydrogens is 246 g/mol. The van der Waals surface area contributed by atoms with Crippen LogP contribution in [0.25, 0.3) is 0 Å². The van der Waals surface area contributed by atoms with Gasteiger partial charge in [-0.3, -0.25) is 0 Å². The van der Waals surface area contributed by atoms with Gasteiger partial charge in [-0.2, -0.15) is 0 Å². The number of rotatable bonds is 10. The maximum Gasteiger partial charge on any atom is 0.226 e. The number of ether oxygens (including phenoxy) is 1. The number of quaternary nitrogens is 1. The smallest absolute Gasteiger partial charge is 0.226 e. The molecule has 0 aromatic carbocycles. The summed E-state index contributed by atoms with van der Waals surface area (Å²) in [6.07, 6.45) is 13.0. The first-order valence-electron chi connectivity index (χ1n) is 7.59. The Bertz CT molecular complexity index is 211. The summed E-state index contributed by atoms with van der Waals surface area (Å²) in [4.78, 5) is 1.43. The molecule has 0 aromatic rings. The number of epoxide rings is 1. The van der Waals surface area contributed by atoms with Crippen LogP contribution in [-0.2, 0) is 4.74 Å². The van der Waals surface area contributed by atoms with Gasteiger partial charge in [0, 0.05) is 6.92 Å². The first-order valence-corrected chi connectivity index (χ1v) is 7.59. The fraction of sp³-hybridized carbons (Fsp3) is 1.00. The van der Waals surface area contributed by atoms with E-state index >= 15 is 0 Å². The minimum absolute atomic E-state index is 0. The zero-order chi connectivity index (χ0) is 12.7. The minimum atomic E-state index is 0. The molecule has 0 spiro atoms. The molecule has 0 radical (unpaired) electrons. The van der Waals surface area contributed by atoms with Crippen molar-refractivity contribution >= 4 is 0 Å². The molecule has 1 fully saturated rings. The molecule has 0 saturated carbocycles. The van der Waals surface area contributed by atoms with Crippen LogP contribution in [0, 0.1) is 0 Å². The van der Waals surface area contributed by atoms with Gasteiger partial charge in [0.25, 0.3) is 0 Å². The number of hydrogen-bond acceptors (Lipinski definition) is 1. The quantitative estimate of drug-likeness (QED) is 0.432. The van der Waals surface area contributed by atoms with Gasteiger partial charge in [-0.05, 0) is 6.42 Å². The summed E-state index contributed by atoms with van der Waals surface area (Å²) in [5, 5.41) is 0. The molecule has 2 atom stereocenters. The van der Waals surface area contributed by atoms with Crippen LogP contribution in [0.4, 0.5) is 0 Å². The number of halogens is 1. The Balaban J connectivity index is 0.00000289. The van der Waals surface area contributed by atoms with Crippen LogP contribution in [0.2, 0.25) is 0 Å². The number of unbranched alkanes of at least 4 members (excludes halogenated alkanes) is 7. The predicted molar refractivity (Wildman–Crippen MR) is 73.3 cm³/mol. The zero-order valence-electron chi connectivity index (χ0n) is 12.7. The Hall–Kier alpha value is 0.210. The number of hydrogen-bond donors (Lipinski definition) is 1. The molecule has 0 amide bonds. The molecule has 1 aliphatic heterocycles. The Morgan fingerprint density at radius 1 is 0.944 bits per heavy atom. The zero-order valence-corrected chi connectivity index (χ0v) is 13.5. The highest BCUT2D eigenvalue weighted by atomic mass is 35.5. The molecule has 1 N–H and O–H groups in total. The third-order valence-electron chi connectivity index (χ3n) is 4.26. The van der Waals surface area contributed by atoms with Crippen molar-refractivity contribution in [3.8, 4) is 0 Å². The van der Waals surface area contributed by atoms with E-state index in [1.807, 2.05) is 0 Å². The molecule has 0 bridgehead atoms. The van der Waals surface area contributed by atoms with Crippen molar-refractivity contribution in [3.05, 3.63) is 0 Å². The summed E-state index contributed by atoms with van der Waals surface area (Å²) < 4.78 is 5.79. The number of nitrogens with one attached hydrogen (secondary N) is 1. The van der Waals surface area contributed by atoms with E-state index in [1.165, 1.54) is 62.7 Å². The Morgan fingerprint density at radius 2 is 1.44 bits per heavy atom. The largest absolute Gasteiger partial charge is 1.00 e. The highest BCUT2D eigenvalue weighted by Crippen LogP contribution is 2.33. The molecular formula is C15H32ClNO. The lowest BCUT2D eigenvalue weighted by molar-refractivity contribution is -0.908. The molecule has 1 heterocycles. The first-order chi connectivity index (χ1) is 8.11. The second-order valence-electron chi connectivity index (χ2n) is 5.98. The summed E-state index contributed by atoms with van der Waals surface area (Å²) in [6, 6.07) is 0. The molecule has 18 heavy (non-hydrogen) atoms. The average molecular weight is 278 g/mol. The van der Waals surface area contributed by atoms with E-state index in [1.54, 1.807) is 0 Å². The second kappa shape index (κ2) is 9.17. The van der Waals surface area contributed by atoms with Crippen molar-refractivity contribution < 1.29 is 22.0 Å². The van der Waals surface area contributed by atoms with Gasteiger partial charge in [-0.25, -0.2) is 0 Å². The van der Waals surface area contributed by atoms with E-state index in [0.29, 0.717) is 6.10 Å². The lowest BCUT2D eigenvalue weighted by Crippen LogP contribution is -3.12. The van der Waals surface area contributed by atoms with E-state index in [9.17, 15) is 0 Å². The average Bonchev–Trinajstić information content (AvgIpc) is 2.95. The third kappa shape index (κ3) is 5.90. The van der Waals surface area contributed by atoms with E-state index in [-0.39, 0.29) is 18.1 Å². The van der Waals surface area contributed by atoms with Crippen LogP contribution in [0.5, 0.6) is 0 Å². The fourth-order valence-corrected chi connectivity index (χ4v) is 2.50. The Kier molecular flexibility index (Phi) is 9.27. The highest BCUT2D eigenvalue weighted by molar-refractivity contribution is 4.88. The van der Waals surface area contributed by atoms with Gasteiger partial charge in [0.1, 0.15) is 6.10 Å². The van der Waals surface area contributed by atoms with Crippen LogP contribution < -0.4 is 17.3 Å². The van der Waals surface area contributed by atoms with Gasteiger partial charge < -0.3 is 22.0 Å². The van der Waals surface area contributed by atoms with Crippen molar-refractivity contribution in [2.75, 3.05) is 14.1 Å². The van der Waals surface area contributed by atoms with Crippen molar-refractivity contribution in [2.45, 2.75) is 83.5 Å². The highest BCUT2D eigenvalue weighted by Gasteiger charge is 2.58. The summed E-state index contributed by atoms with van der Waals surface area (Å²) in [6.45, 7) is 4.51. The van der Waals surface area contributed by atoms with E-state index < -0.39 is 0 Å². The predicted octanol–water partition coefficient (Wildman–Crippen LogP) is -0.219. The van der Waals surface area contributed by atoms with E-state index in [0.717, 1.165) is 0 Å². The lowest BCUT2D eigenvalue weighted by atomic mass is 10.0. The normalized spacial score (nSPS) is 26.2. The second-order valence-corrected chi connectivity index (χ2v) is 5.98. The molecule has 1 saturated heterocycles. The molecule has 3 heteroatoms. The van der Waals surface area contributed by atoms with Gasteiger partial charge in [0.2, 0.25) is 5.72 Å². The van der Waals surface area contributed by atoms with Crippen LogP contribution >= 0.6 is 0 Å². The van der Waals surface area contributed by atoms with Gasteiger partial charge in [-0.15, -0.1) is 0 Å². The molecule has 1 rings (SSSR count). The van der Waals surface area contributed by atoms with Crippen LogP contribution in [-0.4, -0.2) is 25.9 Å². The maximum atomic E-state index is 5.79. The molecule has 1 aliphatic rings. The molecule has 0 aliphatic carbocycles. The van der Waals surface area contributed by atoms with Crippen molar-refractivity contribution in [2.24, 2.45) is 0 Å². The van der Waals surface area contributed by atoms with E-state index in [4.69, 9.17) is 4.74 Å². The SMILES string of the molecule is CCCCCCCCCCC1OC1(C)[NH+](C)C.[Cl-]. The lowest BCUT2D eigenvalue weighted by Gasteiger charge is -2.12. The fourth-order valence-electron chi connectivity index (χ4n) is 2.50. The molecule has 2 nitrogen and oxygen atoms in total. The third-order valence-corrected chi connectivity index (χ3v) is 4.26. The van der Waals surface area contributed by atoms with Crippen LogP contribution in [0.15, 0.2) is 0 Å². The maximum absolute atomic E-state index is 5.79. The van der Waals surface area contributed by atoms with Gasteiger partial charge in [0.05, 0.1) is 14.1 Å².